The van der Waals surface area contributed by atoms with Crippen molar-refractivity contribution in [2.24, 2.45) is 0 Å². The van der Waals surface area contributed by atoms with Gasteiger partial charge in [0.25, 0.3) is 0 Å². The van der Waals surface area contributed by atoms with Crippen molar-refractivity contribution in [3.8, 4) is 29.1 Å². The molecule has 0 amide bonds. The summed E-state index contributed by atoms with van der Waals surface area (Å²) in [5.74, 6) is 2.39. The normalized spacial score (nSPS) is 20.0. The van der Waals surface area contributed by atoms with Gasteiger partial charge in [0, 0.05) is 45.3 Å². The first kappa shape index (κ1) is 28.7. The zero-order chi connectivity index (χ0) is 28.6. The van der Waals surface area contributed by atoms with Crippen LogP contribution in [0.1, 0.15) is 29.0 Å². The van der Waals surface area contributed by atoms with Gasteiger partial charge in [0.1, 0.15) is 35.7 Å². The summed E-state index contributed by atoms with van der Waals surface area (Å²) in [4.78, 5) is 2.34. The van der Waals surface area contributed by atoms with Gasteiger partial charge in [0.15, 0.2) is 0 Å². The lowest BCUT2D eigenvalue weighted by atomic mass is 9.85. The third-order valence-electron chi connectivity index (χ3n) is 7.53. The van der Waals surface area contributed by atoms with Crippen LogP contribution in [-0.4, -0.2) is 70.9 Å². The summed E-state index contributed by atoms with van der Waals surface area (Å²) in [6.45, 7) is 4.72. The number of hydrogen-bond acceptors (Lipinski definition) is 9. The topological polar surface area (TPSA) is 105 Å². The number of methoxy groups -OCH3 is 2. The highest BCUT2D eigenvalue weighted by molar-refractivity contribution is 5.61. The minimum atomic E-state index is -0.589. The molecule has 2 aliphatic rings. The van der Waals surface area contributed by atoms with Crippen molar-refractivity contribution in [2.75, 3.05) is 58.5 Å². The molecule has 0 aliphatic carbocycles. The van der Waals surface area contributed by atoms with Crippen molar-refractivity contribution in [3.63, 3.8) is 0 Å². The fourth-order valence-corrected chi connectivity index (χ4v) is 5.45. The second-order valence-corrected chi connectivity index (χ2v) is 10.2. The third kappa shape index (κ3) is 6.92. The fraction of sp³-hybridized carbons (Fsp3) is 0.406. The van der Waals surface area contributed by atoms with Crippen molar-refractivity contribution in [1.29, 1.82) is 5.26 Å². The van der Waals surface area contributed by atoms with Gasteiger partial charge in [0.2, 0.25) is 0 Å². The predicted molar refractivity (Wildman–Crippen MR) is 155 cm³/mol. The molecule has 3 aromatic carbocycles. The van der Waals surface area contributed by atoms with Crippen molar-refractivity contribution >= 4 is 5.69 Å². The summed E-state index contributed by atoms with van der Waals surface area (Å²) < 4.78 is 28.7. The van der Waals surface area contributed by atoms with Crippen molar-refractivity contribution in [2.45, 2.75) is 31.2 Å². The van der Waals surface area contributed by atoms with Gasteiger partial charge in [0.05, 0.1) is 43.7 Å². The molecule has 0 spiro atoms. The van der Waals surface area contributed by atoms with Gasteiger partial charge in [-0.2, -0.15) is 5.26 Å². The first-order valence-electron chi connectivity index (χ1n) is 14.0. The molecule has 0 unspecified atom stereocenters. The van der Waals surface area contributed by atoms with Crippen LogP contribution in [0, 0.1) is 11.3 Å². The second-order valence-electron chi connectivity index (χ2n) is 10.2. The number of rotatable bonds is 11. The van der Waals surface area contributed by atoms with Gasteiger partial charge in [-0.1, -0.05) is 18.2 Å². The molecule has 1 saturated heterocycles. The van der Waals surface area contributed by atoms with Gasteiger partial charge < -0.3 is 39.0 Å². The molecule has 3 atom stereocenters. The van der Waals surface area contributed by atoms with Crippen LogP contribution in [0.3, 0.4) is 0 Å². The van der Waals surface area contributed by atoms with Gasteiger partial charge >= 0.3 is 0 Å². The number of nitrogens with one attached hydrogen (secondary N) is 1. The zero-order valence-electron chi connectivity index (χ0n) is 23.5. The maximum absolute atomic E-state index is 10.9. The lowest BCUT2D eigenvalue weighted by Gasteiger charge is -2.36. The molecular formula is C32H37N3O6. The Kier molecular flexibility index (Phi) is 9.59. The number of piperidine rings is 1. The Morgan fingerprint density at radius 1 is 1.05 bits per heavy atom. The van der Waals surface area contributed by atoms with E-state index in [1.165, 1.54) is 7.11 Å². The average molecular weight is 560 g/mol. The van der Waals surface area contributed by atoms with E-state index in [1.807, 2.05) is 36.4 Å². The van der Waals surface area contributed by atoms with Crippen LogP contribution in [0.4, 0.5) is 5.69 Å². The molecule has 0 radical (unpaired) electrons. The number of benzene rings is 3. The standard InChI is InChI=1S/C32H37N3O6/c1-37-14-3-12-35-13-15-39-30-10-4-22(16-27(30)35)21-40-31-20-34-19-28(36)32(31)23-5-7-25(8-6-23)41-26-9-11-29(38-2)24(17-26)18-33/h4-11,16-17,28,31-32,34,36H,3,12-15,19-21H2,1-2H3/t28-,31+,32+/m1/s1. The minimum absolute atomic E-state index is 0.192. The molecule has 9 heteroatoms. The molecule has 0 aromatic heterocycles. The number of β-amino-alcohol motifs (C(OH)–C–C–N with tert-alkyl or cyclic N) is 1. The Balaban J connectivity index is 1.25. The Morgan fingerprint density at radius 2 is 1.88 bits per heavy atom. The molecule has 216 valence electrons. The summed E-state index contributed by atoms with van der Waals surface area (Å²) in [7, 11) is 3.26. The zero-order valence-corrected chi connectivity index (χ0v) is 23.5. The lowest BCUT2D eigenvalue weighted by Crippen LogP contribution is -2.49. The Morgan fingerprint density at radius 3 is 2.66 bits per heavy atom. The maximum atomic E-state index is 10.9. The number of nitriles is 1. The van der Waals surface area contributed by atoms with Crippen molar-refractivity contribution in [1.82, 2.24) is 5.32 Å². The molecule has 3 aromatic rings. The van der Waals surface area contributed by atoms with Crippen LogP contribution in [0.2, 0.25) is 0 Å². The van der Waals surface area contributed by atoms with E-state index in [0.717, 1.165) is 48.7 Å². The molecule has 2 aliphatic heterocycles. The smallest absolute Gasteiger partial charge is 0.142 e. The van der Waals surface area contributed by atoms with E-state index in [9.17, 15) is 10.4 Å². The molecule has 9 nitrogen and oxygen atoms in total. The van der Waals surface area contributed by atoms with Gasteiger partial charge in [-0.25, -0.2) is 0 Å². The van der Waals surface area contributed by atoms with E-state index in [2.05, 4.69) is 22.4 Å². The van der Waals surface area contributed by atoms with Crippen LogP contribution in [0.15, 0.2) is 60.7 Å². The van der Waals surface area contributed by atoms with Crippen molar-refractivity contribution in [3.05, 3.63) is 77.4 Å². The summed E-state index contributed by atoms with van der Waals surface area (Å²) in [6.07, 6.45) is 0.151. The van der Waals surface area contributed by atoms with Crippen LogP contribution in [0.5, 0.6) is 23.0 Å². The quantitative estimate of drug-likeness (QED) is 0.334. The average Bonchev–Trinajstić information content (AvgIpc) is 3.00. The largest absolute Gasteiger partial charge is 0.495 e. The lowest BCUT2D eigenvalue weighted by molar-refractivity contribution is -0.0328. The molecule has 0 saturated carbocycles. The molecule has 5 rings (SSSR count). The number of hydrogen-bond donors (Lipinski definition) is 2. The molecule has 1 fully saturated rings. The monoisotopic (exact) mass is 559 g/mol. The maximum Gasteiger partial charge on any atom is 0.142 e. The number of anilines is 1. The van der Waals surface area contributed by atoms with Gasteiger partial charge in [-0.15, -0.1) is 0 Å². The Labute approximate surface area is 241 Å². The van der Waals surface area contributed by atoms with E-state index in [0.29, 0.717) is 49.1 Å². The SMILES string of the molecule is COCCCN1CCOc2ccc(CO[C@H]3CNC[C@@H](O)[C@@H]3c3ccc(Oc4ccc(OC)c(C#N)c4)cc3)cc21. The summed E-state index contributed by atoms with van der Waals surface area (Å²) in [5, 5.41) is 23.6. The first-order chi connectivity index (χ1) is 20.1. The van der Waals surface area contributed by atoms with Gasteiger partial charge in [-0.05, 0) is 53.9 Å². The van der Waals surface area contributed by atoms with Gasteiger partial charge in [-0.3, -0.25) is 0 Å². The highest BCUT2D eigenvalue weighted by Crippen LogP contribution is 2.35. The number of nitrogens with zero attached hydrogens (tertiary/aromatic N) is 2. The highest BCUT2D eigenvalue weighted by atomic mass is 16.5. The van der Waals surface area contributed by atoms with Crippen LogP contribution in [0.25, 0.3) is 0 Å². The molecular weight excluding hydrogens is 522 g/mol. The van der Waals surface area contributed by atoms with E-state index >= 15 is 0 Å². The third-order valence-corrected chi connectivity index (χ3v) is 7.53. The number of aliphatic hydroxyl groups excluding tert-OH is 1. The van der Waals surface area contributed by atoms with Crippen LogP contribution < -0.4 is 24.4 Å². The van der Waals surface area contributed by atoms with Crippen molar-refractivity contribution < 1.29 is 28.8 Å². The van der Waals surface area contributed by atoms with Crippen LogP contribution >= 0.6 is 0 Å². The predicted octanol–water partition coefficient (Wildman–Crippen LogP) is 4.23. The molecule has 41 heavy (non-hydrogen) atoms. The number of fused-ring (bicyclic) bond motifs is 1. The summed E-state index contributed by atoms with van der Waals surface area (Å²) in [6, 6.07) is 21.1. The summed E-state index contributed by atoms with van der Waals surface area (Å²) in [5.41, 5.74) is 3.53. The molecule has 2 heterocycles. The Bertz CT molecular complexity index is 1340. The van der Waals surface area contributed by atoms with E-state index < -0.39 is 6.10 Å². The molecule has 0 bridgehead atoms. The van der Waals surface area contributed by atoms with E-state index in [-0.39, 0.29) is 12.0 Å². The van der Waals surface area contributed by atoms with Crippen LogP contribution in [-0.2, 0) is 16.1 Å². The molecule has 2 N–H and O–H groups in total. The minimum Gasteiger partial charge on any atom is -0.495 e. The van der Waals surface area contributed by atoms with E-state index in [1.54, 1.807) is 25.3 Å². The second kappa shape index (κ2) is 13.7. The Hall–Kier alpha value is -3.81. The number of ether oxygens (including phenoxy) is 5. The number of aliphatic hydroxyl groups is 1. The van der Waals surface area contributed by atoms with E-state index in [4.69, 9.17) is 23.7 Å². The highest BCUT2D eigenvalue weighted by Gasteiger charge is 2.34. The first-order valence-corrected chi connectivity index (χ1v) is 14.0. The summed E-state index contributed by atoms with van der Waals surface area (Å²) >= 11 is 0. The fourth-order valence-electron chi connectivity index (χ4n) is 5.45.